The first-order valence-corrected chi connectivity index (χ1v) is 8.54. The second-order valence-corrected chi connectivity index (χ2v) is 6.04. The number of benzene rings is 2. The Morgan fingerprint density at radius 1 is 1.12 bits per heavy atom. The van der Waals surface area contributed by atoms with E-state index in [4.69, 9.17) is 9.15 Å². The van der Waals surface area contributed by atoms with Crippen LogP contribution in [0.25, 0.3) is 11.5 Å². The maximum absolute atomic E-state index is 12.4. The van der Waals surface area contributed by atoms with E-state index < -0.39 is 0 Å². The third kappa shape index (κ3) is 3.66. The lowest BCUT2D eigenvalue weighted by Gasteiger charge is -2.24. The first kappa shape index (κ1) is 16.5. The van der Waals surface area contributed by atoms with Crippen molar-refractivity contribution in [2.24, 2.45) is 0 Å². The summed E-state index contributed by atoms with van der Waals surface area (Å²) >= 11 is 0. The van der Waals surface area contributed by atoms with Crippen molar-refractivity contribution in [3.8, 4) is 11.5 Å². The van der Waals surface area contributed by atoms with Gasteiger partial charge in [-0.05, 0) is 29.8 Å². The monoisotopic (exact) mass is 349 g/mol. The molecule has 2 N–H and O–H groups in total. The molecule has 1 amide bonds. The number of oxazole rings is 1. The number of ether oxygens (including phenoxy) is 1. The molecule has 3 aromatic rings. The van der Waals surface area contributed by atoms with Crippen LogP contribution in [0.15, 0.2) is 65.3 Å². The summed E-state index contributed by atoms with van der Waals surface area (Å²) in [5.41, 5.74) is 2.86. The highest BCUT2D eigenvalue weighted by Crippen LogP contribution is 2.22. The van der Waals surface area contributed by atoms with Gasteiger partial charge < -0.3 is 19.8 Å². The number of nitrogens with one attached hydrogen (secondary N) is 2. The number of anilines is 1. The number of morpholine rings is 1. The van der Waals surface area contributed by atoms with E-state index in [0.717, 1.165) is 24.2 Å². The Kier molecular flexibility index (Phi) is 4.77. The third-order valence-electron chi connectivity index (χ3n) is 4.23. The van der Waals surface area contributed by atoms with Crippen molar-refractivity contribution >= 4 is 11.6 Å². The van der Waals surface area contributed by atoms with E-state index in [1.165, 1.54) is 6.26 Å². The van der Waals surface area contributed by atoms with Crippen LogP contribution >= 0.6 is 0 Å². The molecule has 0 saturated carbocycles. The first-order valence-electron chi connectivity index (χ1n) is 8.54. The predicted octanol–water partition coefficient (Wildman–Crippen LogP) is 3.25. The Bertz CT molecular complexity index is 869. The van der Waals surface area contributed by atoms with Gasteiger partial charge in [-0.25, -0.2) is 4.98 Å². The molecule has 1 atom stereocenters. The molecule has 26 heavy (non-hydrogen) atoms. The van der Waals surface area contributed by atoms with Crippen LogP contribution in [0.3, 0.4) is 0 Å². The van der Waals surface area contributed by atoms with Crippen LogP contribution in [0, 0.1) is 0 Å². The Balaban J connectivity index is 1.42. The van der Waals surface area contributed by atoms with Gasteiger partial charge in [0.2, 0.25) is 5.89 Å². The predicted molar refractivity (Wildman–Crippen MR) is 97.9 cm³/mol. The first-order chi connectivity index (χ1) is 12.8. The molecule has 132 valence electrons. The Morgan fingerprint density at radius 2 is 1.92 bits per heavy atom. The summed E-state index contributed by atoms with van der Waals surface area (Å²) in [6.07, 6.45) is 1.42. The van der Waals surface area contributed by atoms with E-state index in [2.05, 4.69) is 15.6 Å². The molecule has 0 spiro atoms. The van der Waals surface area contributed by atoms with Crippen LogP contribution in [-0.2, 0) is 4.74 Å². The number of carbonyl (C=O) groups excluding carboxylic acids is 1. The molecular formula is C20H19N3O3. The van der Waals surface area contributed by atoms with Gasteiger partial charge >= 0.3 is 0 Å². The van der Waals surface area contributed by atoms with Gasteiger partial charge in [-0.3, -0.25) is 4.79 Å². The fourth-order valence-corrected chi connectivity index (χ4v) is 2.85. The molecular weight excluding hydrogens is 330 g/mol. The van der Waals surface area contributed by atoms with Gasteiger partial charge in [0, 0.05) is 24.3 Å². The Hall–Kier alpha value is -2.96. The fourth-order valence-electron chi connectivity index (χ4n) is 2.85. The summed E-state index contributed by atoms with van der Waals surface area (Å²) in [5, 5.41) is 6.14. The number of nitrogens with zero attached hydrogens (tertiary/aromatic N) is 1. The van der Waals surface area contributed by atoms with Crippen LogP contribution in [0.1, 0.15) is 22.2 Å². The van der Waals surface area contributed by atoms with Gasteiger partial charge in [-0.15, -0.1) is 0 Å². The molecule has 4 rings (SSSR count). The smallest absolute Gasteiger partial charge is 0.277 e. The minimum Gasteiger partial charge on any atom is -0.444 e. The van der Waals surface area contributed by atoms with Crippen LogP contribution < -0.4 is 10.6 Å². The van der Waals surface area contributed by atoms with Crippen LogP contribution in [0.2, 0.25) is 0 Å². The lowest BCUT2D eigenvalue weighted by Crippen LogP contribution is -2.33. The fraction of sp³-hybridized carbons (Fsp3) is 0.200. The van der Waals surface area contributed by atoms with Gasteiger partial charge in [-0.1, -0.05) is 30.3 Å². The number of rotatable bonds is 4. The second kappa shape index (κ2) is 7.51. The number of hydrogen-bond donors (Lipinski definition) is 2. The number of aromatic nitrogens is 1. The Labute approximate surface area is 151 Å². The average Bonchev–Trinajstić information content (AvgIpc) is 3.20. The average molecular weight is 349 g/mol. The number of carbonyl (C=O) groups is 1. The van der Waals surface area contributed by atoms with Crippen molar-refractivity contribution in [1.82, 2.24) is 10.3 Å². The molecule has 1 unspecified atom stereocenters. The molecule has 6 heteroatoms. The molecule has 6 nitrogen and oxygen atoms in total. The molecule has 0 bridgehead atoms. The zero-order valence-corrected chi connectivity index (χ0v) is 14.1. The van der Waals surface area contributed by atoms with E-state index in [9.17, 15) is 4.79 Å². The minimum absolute atomic E-state index is 0.0532. The van der Waals surface area contributed by atoms with Crippen molar-refractivity contribution in [2.45, 2.75) is 6.10 Å². The standard InChI is InChI=1S/C20H19N3O3/c24-19(17-13-26-20(23-17)15-4-2-1-3-5-15)22-16-8-6-14(7-9-16)18-12-21-10-11-25-18/h1-9,13,18,21H,10-12H2,(H,22,24). The Morgan fingerprint density at radius 3 is 2.65 bits per heavy atom. The molecule has 0 radical (unpaired) electrons. The SMILES string of the molecule is O=C(Nc1ccc(C2CNCCO2)cc1)c1coc(-c2ccccc2)n1. The number of hydrogen-bond acceptors (Lipinski definition) is 5. The molecule has 1 aliphatic heterocycles. The molecule has 0 aliphatic carbocycles. The largest absolute Gasteiger partial charge is 0.444 e. The lowest BCUT2D eigenvalue weighted by atomic mass is 10.1. The second-order valence-electron chi connectivity index (χ2n) is 6.04. The highest BCUT2D eigenvalue weighted by molar-refractivity contribution is 6.02. The molecule has 1 saturated heterocycles. The number of amides is 1. The van der Waals surface area contributed by atoms with E-state index in [1.54, 1.807) is 0 Å². The lowest BCUT2D eigenvalue weighted by molar-refractivity contribution is 0.0277. The van der Waals surface area contributed by atoms with Crippen LogP contribution in [0.5, 0.6) is 0 Å². The van der Waals surface area contributed by atoms with Gasteiger partial charge in [-0.2, -0.15) is 0 Å². The minimum atomic E-state index is -0.306. The molecule has 1 fully saturated rings. The summed E-state index contributed by atoms with van der Waals surface area (Å²) < 4.78 is 11.1. The molecule has 2 heterocycles. The van der Waals surface area contributed by atoms with E-state index in [0.29, 0.717) is 18.2 Å². The summed E-state index contributed by atoms with van der Waals surface area (Å²) in [6.45, 7) is 2.39. The summed E-state index contributed by atoms with van der Waals surface area (Å²) in [4.78, 5) is 16.6. The summed E-state index contributed by atoms with van der Waals surface area (Å²) in [7, 11) is 0. The van der Waals surface area contributed by atoms with Crippen molar-refractivity contribution in [2.75, 3.05) is 25.0 Å². The van der Waals surface area contributed by atoms with Crippen LogP contribution in [0.4, 0.5) is 5.69 Å². The van der Waals surface area contributed by atoms with Gasteiger partial charge in [0.25, 0.3) is 5.91 Å². The summed E-state index contributed by atoms with van der Waals surface area (Å²) in [5.74, 6) is 0.118. The van der Waals surface area contributed by atoms with Crippen molar-refractivity contribution < 1.29 is 13.9 Å². The van der Waals surface area contributed by atoms with Crippen LogP contribution in [-0.4, -0.2) is 30.6 Å². The highest BCUT2D eigenvalue weighted by atomic mass is 16.5. The van der Waals surface area contributed by atoms with Crippen molar-refractivity contribution in [3.05, 3.63) is 72.1 Å². The highest BCUT2D eigenvalue weighted by Gasteiger charge is 2.16. The third-order valence-corrected chi connectivity index (χ3v) is 4.23. The molecule has 1 aromatic heterocycles. The zero-order valence-electron chi connectivity index (χ0n) is 14.1. The van der Waals surface area contributed by atoms with Gasteiger partial charge in [0.15, 0.2) is 5.69 Å². The van der Waals surface area contributed by atoms with E-state index in [1.807, 2.05) is 54.6 Å². The maximum atomic E-state index is 12.4. The van der Waals surface area contributed by atoms with Gasteiger partial charge in [0.05, 0.1) is 12.7 Å². The normalized spacial score (nSPS) is 17.0. The molecule has 1 aliphatic rings. The summed E-state index contributed by atoms with van der Waals surface area (Å²) in [6, 6.07) is 17.1. The van der Waals surface area contributed by atoms with E-state index in [-0.39, 0.29) is 17.7 Å². The molecule has 2 aromatic carbocycles. The van der Waals surface area contributed by atoms with Crippen molar-refractivity contribution in [3.63, 3.8) is 0 Å². The topological polar surface area (TPSA) is 76.4 Å². The zero-order chi connectivity index (χ0) is 17.8. The van der Waals surface area contributed by atoms with E-state index >= 15 is 0 Å². The van der Waals surface area contributed by atoms with Crippen molar-refractivity contribution in [1.29, 1.82) is 0 Å². The quantitative estimate of drug-likeness (QED) is 0.756. The van der Waals surface area contributed by atoms with Gasteiger partial charge in [0.1, 0.15) is 6.26 Å². The maximum Gasteiger partial charge on any atom is 0.277 e.